The molecule has 0 fully saturated rings. The molecule has 0 saturated heterocycles. The fourth-order valence-corrected chi connectivity index (χ4v) is 2.65. The molecule has 5 heteroatoms. The smallest absolute Gasteiger partial charge is 0.338 e. The maximum absolute atomic E-state index is 12.2. The molecule has 3 aromatic carbocycles. The summed E-state index contributed by atoms with van der Waals surface area (Å²) in [5, 5.41) is 12.2. The number of amides is 1. The number of benzene rings is 3. The van der Waals surface area contributed by atoms with E-state index < -0.39 is 18.5 Å². The third-order valence-electron chi connectivity index (χ3n) is 3.95. The molecule has 1 amide bonds. The maximum atomic E-state index is 12.2. The number of hydrogen-bond donors (Lipinski definition) is 2. The fraction of sp³-hybridized carbons (Fsp3) is 0.0909. The predicted octanol–water partition coefficient (Wildman–Crippen LogP) is 3.78. The summed E-state index contributed by atoms with van der Waals surface area (Å²) in [4.78, 5) is 24.1. The summed E-state index contributed by atoms with van der Waals surface area (Å²) in [5.41, 5.74) is 2.97. The van der Waals surface area contributed by atoms with Crippen LogP contribution in [-0.4, -0.2) is 23.6 Å². The lowest BCUT2D eigenvalue weighted by Crippen LogP contribution is -2.21. The number of rotatable bonds is 6. The van der Waals surface area contributed by atoms with E-state index >= 15 is 0 Å². The van der Waals surface area contributed by atoms with Gasteiger partial charge in [-0.1, -0.05) is 54.6 Å². The van der Waals surface area contributed by atoms with E-state index in [-0.39, 0.29) is 11.3 Å². The highest BCUT2D eigenvalue weighted by Gasteiger charge is 2.12. The van der Waals surface area contributed by atoms with E-state index in [1.54, 1.807) is 0 Å². The van der Waals surface area contributed by atoms with Crippen LogP contribution >= 0.6 is 0 Å². The van der Waals surface area contributed by atoms with Crippen LogP contribution in [0.4, 0.5) is 5.69 Å². The first-order chi connectivity index (χ1) is 13.1. The predicted molar refractivity (Wildman–Crippen MR) is 103 cm³/mol. The molecule has 0 aliphatic rings. The SMILES string of the molecule is O=C(COC(=O)c1cccc(O)c1)Nc1ccccc1Cc1ccccc1. The molecular weight excluding hydrogens is 342 g/mol. The minimum atomic E-state index is -0.668. The van der Waals surface area contributed by atoms with Gasteiger partial charge in [0, 0.05) is 5.69 Å². The average molecular weight is 361 g/mol. The van der Waals surface area contributed by atoms with E-state index in [0.717, 1.165) is 11.1 Å². The number of esters is 1. The van der Waals surface area contributed by atoms with Gasteiger partial charge in [-0.3, -0.25) is 4.79 Å². The number of aromatic hydroxyl groups is 1. The van der Waals surface area contributed by atoms with Gasteiger partial charge in [0.05, 0.1) is 5.56 Å². The van der Waals surface area contributed by atoms with Crippen molar-refractivity contribution in [1.29, 1.82) is 0 Å². The van der Waals surface area contributed by atoms with Gasteiger partial charge in [0.2, 0.25) is 0 Å². The largest absolute Gasteiger partial charge is 0.508 e. The lowest BCUT2D eigenvalue weighted by molar-refractivity contribution is -0.119. The molecule has 27 heavy (non-hydrogen) atoms. The lowest BCUT2D eigenvalue weighted by Gasteiger charge is -2.11. The zero-order valence-corrected chi connectivity index (χ0v) is 14.6. The molecule has 2 N–H and O–H groups in total. The van der Waals surface area contributed by atoms with E-state index in [1.165, 1.54) is 24.3 Å². The van der Waals surface area contributed by atoms with Gasteiger partial charge < -0.3 is 15.2 Å². The Labute approximate surface area is 157 Å². The second kappa shape index (κ2) is 8.67. The first kappa shape index (κ1) is 18.2. The van der Waals surface area contributed by atoms with Crippen molar-refractivity contribution in [3.8, 4) is 5.75 Å². The molecule has 0 aliphatic heterocycles. The number of hydrogen-bond acceptors (Lipinski definition) is 4. The number of phenolic OH excluding ortho intramolecular Hbond substituents is 1. The van der Waals surface area contributed by atoms with E-state index in [4.69, 9.17) is 4.74 Å². The van der Waals surface area contributed by atoms with E-state index in [9.17, 15) is 14.7 Å². The lowest BCUT2D eigenvalue weighted by atomic mass is 10.0. The normalized spacial score (nSPS) is 10.2. The summed E-state index contributed by atoms with van der Waals surface area (Å²) >= 11 is 0. The van der Waals surface area contributed by atoms with Crippen LogP contribution in [-0.2, 0) is 16.0 Å². The third kappa shape index (κ3) is 5.19. The number of para-hydroxylation sites is 1. The molecule has 0 aromatic heterocycles. The molecule has 0 heterocycles. The molecular formula is C22H19NO4. The summed E-state index contributed by atoms with van der Waals surface area (Å²) in [6.45, 7) is -0.409. The first-order valence-electron chi connectivity index (χ1n) is 8.49. The number of phenols is 1. The van der Waals surface area contributed by atoms with Crippen LogP contribution in [0.3, 0.4) is 0 Å². The summed E-state index contributed by atoms with van der Waals surface area (Å²) in [6.07, 6.45) is 0.681. The zero-order valence-electron chi connectivity index (χ0n) is 14.6. The molecule has 0 bridgehead atoms. The molecule has 0 unspecified atom stereocenters. The van der Waals surface area contributed by atoms with Crippen molar-refractivity contribution in [3.63, 3.8) is 0 Å². The zero-order chi connectivity index (χ0) is 19.1. The van der Waals surface area contributed by atoms with Crippen molar-refractivity contribution in [2.24, 2.45) is 0 Å². The molecule has 3 aromatic rings. The Bertz CT molecular complexity index is 938. The minimum Gasteiger partial charge on any atom is -0.508 e. The standard InChI is InChI=1S/C22H19NO4/c24-19-11-6-10-18(14-19)22(26)27-15-21(25)23-20-12-5-4-9-17(20)13-16-7-2-1-3-8-16/h1-12,14,24H,13,15H2,(H,23,25). The highest BCUT2D eigenvalue weighted by Crippen LogP contribution is 2.19. The van der Waals surface area contributed by atoms with Crippen LogP contribution in [0.15, 0.2) is 78.9 Å². The van der Waals surface area contributed by atoms with Crippen LogP contribution in [0.5, 0.6) is 5.75 Å². The second-order valence-electron chi connectivity index (χ2n) is 5.99. The minimum absolute atomic E-state index is 0.0382. The number of anilines is 1. The van der Waals surface area contributed by atoms with E-state index in [2.05, 4.69) is 5.32 Å². The molecule has 5 nitrogen and oxygen atoms in total. The van der Waals surface area contributed by atoms with Gasteiger partial charge >= 0.3 is 5.97 Å². The fourth-order valence-electron chi connectivity index (χ4n) is 2.65. The van der Waals surface area contributed by atoms with E-state index in [0.29, 0.717) is 12.1 Å². The number of ether oxygens (including phenoxy) is 1. The van der Waals surface area contributed by atoms with Crippen LogP contribution in [0.1, 0.15) is 21.5 Å². The van der Waals surface area contributed by atoms with Crippen molar-refractivity contribution < 1.29 is 19.4 Å². The monoisotopic (exact) mass is 361 g/mol. The van der Waals surface area contributed by atoms with Gasteiger partial charge in [0.25, 0.3) is 5.91 Å². The summed E-state index contributed by atoms with van der Waals surface area (Å²) in [6, 6.07) is 23.2. The number of nitrogens with one attached hydrogen (secondary N) is 1. The summed E-state index contributed by atoms with van der Waals surface area (Å²) in [7, 11) is 0. The van der Waals surface area contributed by atoms with Crippen LogP contribution in [0, 0.1) is 0 Å². The maximum Gasteiger partial charge on any atom is 0.338 e. The Hall–Kier alpha value is -3.60. The van der Waals surface area contributed by atoms with E-state index in [1.807, 2.05) is 54.6 Å². The highest BCUT2D eigenvalue weighted by atomic mass is 16.5. The summed E-state index contributed by atoms with van der Waals surface area (Å²) in [5.74, 6) is -1.13. The topological polar surface area (TPSA) is 75.6 Å². The van der Waals surface area contributed by atoms with Gasteiger partial charge in [-0.25, -0.2) is 4.79 Å². The Kier molecular flexibility index (Phi) is 5.84. The molecule has 136 valence electrons. The van der Waals surface area contributed by atoms with Crippen molar-refractivity contribution in [2.75, 3.05) is 11.9 Å². The molecule has 0 aliphatic carbocycles. The number of carbonyl (C=O) groups is 2. The quantitative estimate of drug-likeness (QED) is 0.655. The van der Waals surface area contributed by atoms with Crippen LogP contribution in [0.25, 0.3) is 0 Å². The molecule has 3 rings (SSSR count). The van der Waals surface area contributed by atoms with Crippen molar-refractivity contribution in [2.45, 2.75) is 6.42 Å². The van der Waals surface area contributed by atoms with Gasteiger partial charge in [-0.2, -0.15) is 0 Å². The average Bonchev–Trinajstić information content (AvgIpc) is 2.68. The summed E-state index contributed by atoms with van der Waals surface area (Å²) < 4.78 is 5.01. The van der Waals surface area contributed by atoms with Crippen LogP contribution < -0.4 is 5.32 Å². The molecule has 0 saturated carbocycles. The second-order valence-corrected chi connectivity index (χ2v) is 5.99. The van der Waals surface area contributed by atoms with Gasteiger partial charge in [-0.15, -0.1) is 0 Å². The van der Waals surface area contributed by atoms with Crippen LogP contribution in [0.2, 0.25) is 0 Å². The van der Waals surface area contributed by atoms with Gasteiger partial charge in [0.15, 0.2) is 6.61 Å². The Morgan fingerprint density at radius 1 is 0.889 bits per heavy atom. The van der Waals surface area contributed by atoms with Crippen molar-refractivity contribution in [1.82, 2.24) is 0 Å². The Morgan fingerprint density at radius 3 is 2.41 bits per heavy atom. The van der Waals surface area contributed by atoms with Gasteiger partial charge in [0.1, 0.15) is 5.75 Å². The molecule has 0 spiro atoms. The highest BCUT2D eigenvalue weighted by molar-refractivity contribution is 5.96. The first-order valence-corrected chi connectivity index (χ1v) is 8.49. The third-order valence-corrected chi connectivity index (χ3v) is 3.95. The Morgan fingerprint density at radius 2 is 1.63 bits per heavy atom. The van der Waals surface area contributed by atoms with Crippen molar-refractivity contribution >= 4 is 17.6 Å². The molecule has 0 radical (unpaired) electrons. The van der Waals surface area contributed by atoms with Gasteiger partial charge in [-0.05, 0) is 41.8 Å². The molecule has 0 atom stereocenters. The Balaban J connectivity index is 1.60. The van der Waals surface area contributed by atoms with Crippen molar-refractivity contribution in [3.05, 3.63) is 95.6 Å². The number of carbonyl (C=O) groups excluding carboxylic acids is 2.